The van der Waals surface area contributed by atoms with Crippen LogP contribution < -0.4 is 5.32 Å². The smallest absolute Gasteiger partial charge is 0.320 e. The molecule has 1 rings (SSSR count). The highest BCUT2D eigenvalue weighted by atomic mass is 35.5. The van der Waals surface area contributed by atoms with Gasteiger partial charge in [-0.1, -0.05) is 23.2 Å². The number of halogens is 9. The number of amides is 1. The van der Waals surface area contributed by atoms with Crippen molar-refractivity contribution in [3.05, 3.63) is 22.4 Å². The van der Waals surface area contributed by atoms with Crippen LogP contribution in [0.4, 0.5) is 36.4 Å². The summed E-state index contributed by atoms with van der Waals surface area (Å²) in [6.45, 7) is 0. The molecule has 0 saturated heterocycles. The topological polar surface area (TPSA) is 51.2 Å². The van der Waals surface area contributed by atoms with Gasteiger partial charge in [-0.25, -0.2) is 9.72 Å². The van der Waals surface area contributed by atoms with E-state index < -0.39 is 30.0 Å². The minimum absolute atomic E-state index is 0.385. The lowest BCUT2D eigenvalue weighted by Gasteiger charge is -2.25. The highest BCUT2D eigenvalue weighted by molar-refractivity contribution is 6.33. The van der Waals surface area contributed by atoms with Gasteiger partial charge in [-0.3, -0.25) is 4.79 Å². The maximum absolute atomic E-state index is 13.1. The molecule has 0 fully saturated rings. The number of hydrogen-bond donors (Lipinski definition) is 1. The first-order valence-corrected chi connectivity index (χ1v) is 5.67. The number of hydrogen-bond acceptors (Lipinski definition) is 3. The van der Waals surface area contributed by atoms with E-state index in [1.165, 1.54) is 5.32 Å². The number of aromatic nitrogens is 1. The number of carbonyl (C=O) groups is 1. The molecular formula is C9H3Cl2F7N2O2. The number of anilines is 1. The van der Waals surface area contributed by atoms with E-state index in [0.717, 1.165) is 12.1 Å². The van der Waals surface area contributed by atoms with Crippen LogP contribution in [0.25, 0.3) is 0 Å². The van der Waals surface area contributed by atoms with Crippen LogP contribution in [0.1, 0.15) is 0 Å². The highest BCUT2D eigenvalue weighted by Gasteiger charge is 2.67. The zero-order chi connectivity index (χ0) is 17.3. The number of carbonyl (C=O) groups excluding carboxylic acids is 1. The summed E-state index contributed by atoms with van der Waals surface area (Å²) in [6, 6.07) is 1.51. The third kappa shape index (κ3) is 4.58. The van der Waals surface area contributed by atoms with Crippen molar-refractivity contribution in [1.29, 1.82) is 0 Å². The van der Waals surface area contributed by atoms with Gasteiger partial charge in [0.2, 0.25) is 0 Å². The first-order chi connectivity index (χ1) is 9.74. The average Bonchev–Trinajstić information content (AvgIpc) is 2.23. The van der Waals surface area contributed by atoms with Gasteiger partial charge in [0.15, 0.2) is 0 Å². The van der Waals surface area contributed by atoms with Crippen molar-refractivity contribution < 1.29 is 40.3 Å². The summed E-state index contributed by atoms with van der Waals surface area (Å²) in [6.07, 6.45) is -12.2. The number of ether oxygens (including phenoxy) is 1. The van der Waals surface area contributed by atoms with Crippen LogP contribution in [0.3, 0.4) is 0 Å². The predicted octanol–water partition coefficient (Wildman–Crippen LogP) is 4.09. The van der Waals surface area contributed by atoms with Crippen LogP contribution in [0.15, 0.2) is 12.1 Å². The molecule has 13 heteroatoms. The normalized spacial score (nSPS) is 13.1. The van der Waals surface area contributed by atoms with Crippen molar-refractivity contribution in [2.24, 2.45) is 0 Å². The van der Waals surface area contributed by atoms with Gasteiger partial charge >= 0.3 is 24.3 Å². The molecule has 1 heterocycles. The van der Waals surface area contributed by atoms with Crippen LogP contribution >= 0.6 is 23.2 Å². The highest BCUT2D eigenvalue weighted by Crippen LogP contribution is 2.40. The number of nitrogens with zero attached hydrogens (tertiary/aromatic N) is 1. The van der Waals surface area contributed by atoms with Gasteiger partial charge in [0, 0.05) is 5.69 Å². The molecule has 4 nitrogen and oxygen atoms in total. The Labute approximate surface area is 127 Å². The summed E-state index contributed by atoms with van der Waals surface area (Å²) in [5.41, 5.74) is -0.586. The molecule has 124 valence electrons. The molecular weight excluding hydrogens is 372 g/mol. The Morgan fingerprint density at radius 1 is 1.05 bits per heavy atom. The summed E-state index contributed by atoms with van der Waals surface area (Å²) in [5, 5.41) is 0.461. The summed E-state index contributed by atoms with van der Waals surface area (Å²) < 4.78 is 88.9. The Hall–Kier alpha value is -1.33. The Kier molecular flexibility index (Phi) is 5.15. The lowest BCUT2D eigenvalue weighted by atomic mass is 10.2. The van der Waals surface area contributed by atoms with Crippen LogP contribution in [-0.2, 0) is 9.53 Å². The fourth-order valence-corrected chi connectivity index (χ4v) is 1.55. The van der Waals surface area contributed by atoms with Crippen LogP contribution in [0.2, 0.25) is 10.3 Å². The Bertz CT molecular complexity index is 559. The van der Waals surface area contributed by atoms with E-state index in [0.29, 0.717) is 0 Å². The molecule has 22 heavy (non-hydrogen) atoms. The fourth-order valence-electron chi connectivity index (χ4n) is 1.09. The van der Waals surface area contributed by atoms with E-state index in [9.17, 15) is 35.5 Å². The van der Waals surface area contributed by atoms with Crippen molar-refractivity contribution >= 4 is 34.8 Å². The van der Waals surface area contributed by atoms with E-state index in [4.69, 9.17) is 23.2 Å². The predicted molar refractivity (Wildman–Crippen MR) is 59.9 cm³/mol. The molecule has 0 bridgehead atoms. The molecule has 1 aromatic heterocycles. The van der Waals surface area contributed by atoms with Crippen LogP contribution in [0, 0.1) is 0 Å². The number of rotatable bonds is 4. The summed E-state index contributed by atoms with van der Waals surface area (Å²) in [4.78, 5) is 14.5. The van der Waals surface area contributed by atoms with Gasteiger partial charge in [-0.05, 0) is 12.1 Å². The fraction of sp³-hybridized carbons (Fsp3) is 0.333. The third-order valence-corrected chi connectivity index (χ3v) is 2.30. The third-order valence-electron chi connectivity index (χ3n) is 1.92. The van der Waals surface area contributed by atoms with Crippen molar-refractivity contribution in [3.8, 4) is 0 Å². The van der Waals surface area contributed by atoms with Crippen molar-refractivity contribution in [2.75, 3.05) is 5.32 Å². The molecule has 0 atom stereocenters. The molecule has 0 aliphatic rings. The average molecular weight is 375 g/mol. The van der Waals surface area contributed by atoms with E-state index in [1.807, 2.05) is 4.74 Å². The first-order valence-electron chi connectivity index (χ1n) is 4.92. The van der Waals surface area contributed by atoms with Crippen molar-refractivity contribution in [2.45, 2.75) is 18.4 Å². The molecule has 1 aromatic rings. The second kappa shape index (κ2) is 6.05. The van der Waals surface area contributed by atoms with Gasteiger partial charge in [0.1, 0.15) is 10.3 Å². The van der Waals surface area contributed by atoms with E-state index in [-0.39, 0.29) is 10.3 Å². The quantitative estimate of drug-likeness (QED) is 0.637. The standard InChI is InChI=1S/C9H3Cl2F7N2O2/c10-4-1-3(2-5(11)20-4)19-6(21)7(12,13)8(14,15)22-9(16,17)18/h1-2H,(H,19,20,21). The second-order valence-electron chi connectivity index (χ2n) is 3.59. The maximum Gasteiger partial charge on any atom is 0.527 e. The van der Waals surface area contributed by atoms with Gasteiger partial charge < -0.3 is 5.32 Å². The maximum atomic E-state index is 13.1. The molecule has 0 aromatic carbocycles. The Morgan fingerprint density at radius 3 is 1.91 bits per heavy atom. The molecule has 0 unspecified atom stereocenters. The zero-order valence-electron chi connectivity index (χ0n) is 9.82. The van der Waals surface area contributed by atoms with Gasteiger partial charge in [0.25, 0.3) is 0 Å². The number of alkyl halides is 7. The van der Waals surface area contributed by atoms with Gasteiger partial charge in [-0.2, -0.15) is 17.6 Å². The van der Waals surface area contributed by atoms with Gasteiger partial charge in [0.05, 0.1) is 0 Å². The molecule has 1 N–H and O–H groups in total. The summed E-state index contributed by atoms with van der Waals surface area (Å²) in [5.74, 6) is -8.59. The molecule has 0 aliphatic carbocycles. The molecule has 0 radical (unpaired) electrons. The van der Waals surface area contributed by atoms with Gasteiger partial charge in [-0.15, -0.1) is 13.2 Å². The second-order valence-corrected chi connectivity index (χ2v) is 4.37. The SMILES string of the molecule is O=C(Nc1cc(Cl)nc(Cl)c1)C(F)(F)C(F)(F)OC(F)(F)F. The molecule has 1 amide bonds. The first kappa shape index (κ1) is 18.7. The molecule has 0 aliphatic heterocycles. The summed E-state index contributed by atoms with van der Waals surface area (Å²) >= 11 is 10.7. The minimum Gasteiger partial charge on any atom is -0.320 e. The van der Waals surface area contributed by atoms with Crippen LogP contribution in [0.5, 0.6) is 0 Å². The largest absolute Gasteiger partial charge is 0.527 e. The number of pyridine rings is 1. The van der Waals surface area contributed by atoms with Crippen molar-refractivity contribution in [1.82, 2.24) is 4.98 Å². The summed E-state index contributed by atoms with van der Waals surface area (Å²) in [7, 11) is 0. The Balaban J connectivity index is 2.99. The van der Waals surface area contributed by atoms with E-state index >= 15 is 0 Å². The van der Waals surface area contributed by atoms with E-state index in [1.54, 1.807) is 0 Å². The Morgan fingerprint density at radius 2 is 1.50 bits per heavy atom. The lowest BCUT2D eigenvalue weighted by molar-refractivity contribution is -0.457. The zero-order valence-corrected chi connectivity index (χ0v) is 11.3. The molecule has 0 spiro atoms. The monoisotopic (exact) mass is 374 g/mol. The molecule has 0 saturated carbocycles. The van der Waals surface area contributed by atoms with E-state index in [2.05, 4.69) is 4.98 Å². The van der Waals surface area contributed by atoms with Crippen LogP contribution in [-0.4, -0.2) is 29.3 Å². The minimum atomic E-state index is -6.13. The lowest BCUT2D eigenvalue weighted by Crippen LogP contribution is -2.53. The number of nitrogens with one attached hydrogen (secondary N) is 1. The van der Waals surface area contributed by atoms with Crippen molar-refractivity contribution in [3.63, 3.8) is 0 Å².